The molecule has 112 valence electrons. The summed E-state index contributed by atoms with van der Waals surface area (Å²) in [4.78, 5) is 25.3. The summed E-state index contributed by atoms with van der Waals surface area (Å²) in [7, 11) is 0. The van der Waals surface area contributed by atoms with Crippen molar-refractivity contribution in [2.24, 2.45) is 11.3 Å². The van der Waals surface area contributed by atoms with Gasteiger partial charge in [-0.3, -0.25) is 4.79 Å². The third kappa shape index (κ3) is 2.48. The number of fused-ring (bicyclic) bond motifs is 1. The number of ether oxygens (including phenoxy) is 1. The molecule has 2 fully saturated rings. The van der Waals surface area contributed by atoms with Gasteiger partial charge >= 0.3 is 12.1 Å². The van der Waals surface area contributed by atoms with Gasteiger partial charge in [-0.2, -0.15) is 0 Å². The highest BCUT2D eigenvalue weighted by molar-refractivity contribution is 5.78. The van der Waals surface area contributed by atoms with Gasteiger partial charge in [0.1, 0.15) is 6.61 Å². The SMILES string of the molecule is O=C(OCc1ccccc1)N1C[C@H]2CCC[C@@]2(C(=O)O)C1. The van der Waals surface area contributed by atoms with Crippen LogP contribution < -0.4 is 0 Å². The predicted molar refractivity (Wildman–Crippen MR) is 75.6 cm³/mol. The van der Waals surface area contributed by atoms with Gasteiger partial charge in [0, 0.05) is 13.1 Å². The molecule has 2 atom stereocenters. The van der Waals surface area contributed by atoms with E-state index >= 15 is 0 Å². The molecule has 1 aromatic rings. The van der Waals surface area contributed by atoms with Crippen LogP contribution in [0, 0.1) is 11.3 Å². The van der Waals surface area contributed by atoms with Gasteiger partial charge in [0.25, 0.3) is 0 Å². The maximum absolute atomic E-state index is 12.1. The first-order valence-corrected chi connectivity index (χ1v) is 7.31. The minimum atomic E-state index is -0.775. The van der Waals surface area contributed by atoms with Crippen LogP contribution in [0.4, 0.5) is 4.79 Å². The highest BCUT2D eigenvalue weighted by Crippen LogP contribution is 2.48. The fraction of sp³-hybridized carbons (Fsp3) is 0.500. The average molecular weight is 289 g/mol. The van der Waals surface area contributed by atoms with Crippen LogP contribution in [0.1, 0.15) is 24.8 Å². The van der Waals surface area contributed by atoms with Crippen LogP contribution in [0.25, 0.3) is 0 Å². The fourth-order valence-electron chi connectivity index (χ4n) is 3.59. The molecule has 1 aromatic carbocycles. The molecule has 0 aromatic heterocycles. The lowest BCUT2D eigenvalue weighted by atomic mass is 9.81. The van der Waals surface area contributed by atoms with Crippen molar-refractivity contribution in [1.82, 2.24) is 4.90 Å². The third-order valence-corrected chi connectivity index (χ3v) is 4.76. The van der Waals surface area contributed by atoms with Crippen LogP contribution in [0.15, 0.2) is 30.3 Å². The lowest BCUT2D eigenvalue weighted by Crippen LogP contribution is -2.37. The lowest BCUT2D eigenvalue weighted by molar-refractivity contribution is -0.149. The van der Waals surface area contributed by atoms with Gasteiger partial charge in [0.05, 0.1) is 5.41 Å². The molecule has 1 saturated carbocycles. The maximum atomic E-state index is 12.1. The second-order valence-electron chi connectivity index (χ2n) is 5.97. The van der Waals surface area contributed by atoms with Crippen LogP contribution in [-0.4, -0.2) is 35.2 Å². The number of carboxylic acid groups (broad SMARTS) is 1. The van der Waals surface area contributed by atoms with Crippen molar-refractivity contribution in [3.8, 4) is 0 Å². The molecule has 0 unspecified atom stereocenters. The summed E-state index contributed by atoms with van der Waals surface area (Å²) in [5, 5.41) is 9.50. The quantitative estimate of drug-likeness (QED) is 0.928. The summed E-state index contributed by atoms with van der Waals surface area (Å²) in [6, 6.07) is 9.48. The topological polar surface area (TPSA) is 66.8 Å². The number of hydrogen-bond acceptors (Lipinski definition) is 3. The number of likely N-dealkylation sites (tertiary alicyclic amines) is 1. The molecule has 1 N–H and O–H groups in total. The molecule has 1 aliphatic carbocycles. The Hall–Kier alpha value is -2.04. The number of carbonyl (C=O) groups excluding carboxylic acids is 1. The Balaban J connectivity index is 1.61. The molecule has 1 heterocycles. The average Bonchev–Trinajstić information content (AvgIpc) is 3.03. The van der Waals surface area contributed by atoms with Crippen molar-refractivity contribution < 1.29 is 19.4 Å². The Morgan fingerprint density at radius 3 is 2.76 bits per heavy atom. The number of carbonyl (C=O) groups is 2. The van der Waals surface area contributed by atoms with E-state index in [0.29, 0.717) is 13.0 Å². The largest absolute Gasteiger partial charge is 0.481 e. The zero-order valence-corrected chi connectivity index (χ0v) is 11.8. The van der Waals surface area contributed by atoms with Crippen LogP contribution in [0.3, 0.4) is 0 Å². The van der Waals surface area contributed by atoms with E-state index in [2.05, 4.69) is 0 Å². The van der Waals surface area contributed by atoms with Crippen molar-refractivity contribution in [3.63, 3.8) is 0 Å². The van der Waals surface area contributed by atoms with Gasteiger partial charge < -0.3 is 14.7 Å². The highest BCUT2D eigenvalue weighted by Gasteiger charge is 2.56. The maximum Gasteiger partial charge on any atom is 0.410 e. The first-order valence-electron chi connectivity index (χ1n) is 7.31. The molecule has 0 bridgehead atoms. The van der Waals surface area contributed by atoms with Crippen LogP contribution in [0.2, 0.25) is 0 Å². The van der Waals surface area contributed by atoms with Gasteiger partial charge in [-0.15, -0.1) is 0 Å². The Bertz CT molecular complexity index is 544. The van der Waals surface area contributed by atoms with Crippen molar-refractivity contribution in [2.75, 3.05) is 13.1 Å². The van der Waals surface area contributed by atoms with Crippen molar-refractivity contribution >= 4 is 12.1 Å². The number of aliphatic carboxylic acids is 1. The summed E-state index contributed by atoms with van der Waals surface area (Å²) in [6.45, 7) is 1.00. The zero-order valence-electron chi connectivity index (χ0n) is 11.8. The molecular weight excluding hydrogens is 270 g/mol. The minimum Gasteiger partial charge on any atom is -0.481 e. The van der Waals surface area contributed by atoms with Gasteiger partial charge in [-0.05, 0) is 24.3 Å². The number of amides is 1. The summed E-state index contributed by atoms with van der Waals surface area (Å²) in [5.74, 6) is -0.706. The summed E-state index contributed by atoms with van der Waals surface area (Å²) in [5.41, 5.74) is 0.185. The normalized spacial score (nSPS) is 27.4. The molecule has 0 radical (unpaired) electrons. The molecule has 21 heavy (non-hydrogen) atoms. The van der Waals surface area contributed by atoms with Gasteiger partial charge in [-0.25, -0.2) is 4.79 Å². The molecular formula is C16H19NO4. The number of benzene rings is 1. The van der Waals surface area contributed by atoms with Crippen LogP contribution >= 0.6 is 0 Å². The molecule has 2 aliphatic rings. The minimum absolute atomic E-state index is 0.0688. The molecule has 0 spiro atoms. The lowest BCUT2D eigenvalue weighted by Gasteiger charge is -2.23. The van der Waals surface area contributed by atoms with E-state index < -0.39 is 17.5 Å². The molecule has 1 saturated heterocycles. The highest BCUT2D eigenvalue weighted by atomic mass is 16.6. The Labute approximate surface area is 123 Å². The van der Waals surface area contributed by atoms with Gasteiger partial charge in [-0.1, -0.05) is 36.8 Å². The van der Waals surface area contributed by atoms with Gasteiger partial charge in [0.2, 0.25) is 0 Å². The van der Waals surface area contributed by atoms with E-state index in [1.54, 1.807) is 4.90 Å². The number of rotatable bonds is 3. The Morgan fingerprint density at radius 2 is 2.10 bits per heavy atom. The van der Waals surface area contributed by atoms with E-state index in [0.717, 1.165) is 18.4 Å². The standard InChI is InChI=1S/C16H19NO4/c18-14(19)16-8-4-7-13(16)9-17(11-16)15(20)21-10-12-5-2-1-3-6-12/h1-3,5-6,13H,4,7-11H2,(H,18,19)/t13-,16-/m1/s1. The molecule has 1 amide bonds. The van der Waals surface area contributed by atoms with Crippen molar-refractivity contribution in [2.45, 2.75) is 25.9 Å². The number of nitrogens with zero attached hydrogens (tertiary/aromatic N) is 1. The summed E-state index contributed by atoms with van der Waals surface area (Å²) in [6.07, 6.45) is 2.07. The van der Waals surface area contributed by atoms with E-state index in [9.17, 15) is 14.7 Å². The van der Waals surface area contributed by atoms with Crippen LogP contribution in [0.5, 0.6) is 0 Å². The second-order valence-corrected chi connectivity index (χ2v) is 5.97. The molecule has 5 heteroatoms. The van der Waals surface area contributed by atoms with Crippen LogP contribution in [-0.2, 0) is 16.1 Å². The zero-order chi connectivity index (χ0) is 14.9. The van der Waals surface area contributed by atoms with E-state index in [-0.39, 0.29) is 19.1 Å². The number of hydrogen-bond donors (Lipinski definition) is 1. The molecule has 1 aliphatic heterocycles. The van der Waals surface area contributed by atoms with Crippen molar-refractivity contribution in [3.05, 3.63) is 35.9 Å². The Morgan fingerprint density at radius 1 is 1.33 bits per heavy atom. The Kier molecular flexibility index (Phi) is 3.57. The number of carboxylic acids is 1. The van der Waals surface area contributed by atoms with Gasteiger partial charge in [0.15, 0.2) is 0 Å². The first kappa shape index (κ1) is 13.9. The first-order chi connectivity index (χ1) is 10.1. The second kappa shape index (κ2) is 5.39. The van der Waals surface area contributed by atoms with E-state index in [4.69, 9.17) is 4.74 Å². The fourth-order valence-corrected chi connectivity index (χ4v) is 3.59. The summed E-state index contributed by atoms with van der Waals surface area (Å²) < 4.78 is 5.30. The monoisotopic (exact) mass is 289 g/mol. The molecule has 5 nitrogen and oxygen atoms in total. The third-order valence-electron chi connectivity index (χ3n) is 4.76. The molecule has 3 rings (SSSR count). The summed E-state index contributed by atoms with van der Waals surface area (Å²) >= 11 is 0. The van der Waals surface area contributed by atoms with E-state index in [1.807, 2.05) is 30.3 Å². The smallest absolute Gasteiger partial charge is 0.410 e. The predicted octanol–water partition coefficient (Wildman–Crippen LogP) is 2.51. The van der Waals surface area contributed by atoms with E-state index in [1.165, 1.54) is 0 Å². The van der Waals surface area contributed by atoms with Crippen molar-refractivity contribution in [1.29, 1.82) is 0 Å².